The van der Waals surface area contributed by atoms with Gasteiger partial charge in [-0.25, -0.2) is 8.42 Å². The van der Waals surface area contributed by atoms with Crippen LogP contribution < -0.4 is 0 Å². The molecule has 1 aromatic carbocycles. The lowest BCUT2D eigenvalue weighted by Crippen LogP contribution is -2.37. The Labute approximate surface area is 131 Å². The van der Waals surface area contributed by atoms with Crippen LogP contribution in [0.5, 0.6) is 0 Å². The van der Waals surface area contributed by atoms with Crippen LogP contribution in [0.15, 0.2) is 29.2 Å². The molecule has 0 aliphatic heterocycles. The minimum absolute atomic E-state index is 0.244. The van der Waals surface area contributed by atoms with Crippen LogP contribution in [0.3, 0.4) is 0 Å². The van der Waals surface area contributed by atoms with E-state index >= 15 is 0 Å². The molecule has 6 heteroatoms. The van der Waals surface area contributed by atoms with Crippen LogP contribution in [0.4, 0.5) is 0 Å². The Hall–Kier alpha value is -1.66. The number of carbonyl (C=O) groups is 1. The molecule has 0 atom stereocenters. The fourth-order valence-corrected chi connectivity index (χ4v) is 4.18. The maximum Gasteiger partial charge on any atom is 0.321 e. The average molecular weight is 323 g/mol. The molecule has 1 aliphatic rings. The van der Waals surface area contributed by atoms with Crippen molar-refractivity contribution in [3.63, 3.8) is 0 Å². The van der Waals surface area contributed by atoms with Gasteiger partial charge in [0.15, 0.2) is 0 Å². The van der Waals surface area contributed by atoms with Crippen molar-refractivity contribution in [3.05, 3.63) is 40.3 Å². The molecule has 0 unspecified atom stereocenters. The van der Waals surface area contributed by atoms with Crippen LogP contribution in [-0.2, 0) is 26.0 Å². The highest BCUT2D eigenvalue weighted by molar-refractivity contribution is 7.93. The van der Waals surface area contributed by atoms with Crippen LogP contribution in [0.1, 0.15) is 30.9 Å². The Kier molecular flexibility index (Phi) is 5.37. The predicted molar refractivity (Wildman–Crippen MR) is 85.5 cm³/mol. The number of sulfonamides is 1. The summed E-state index contributed by atoms with van der Waals surface area (Å²) in [5.74, 6) is -0.547. The normalized spacial score (nSPS) is 14.4. The van der Waals surface area contributed by atoms with Crippen molar-refractivity contribution in [2.45, 2.75) is 26.2 Å². The van der Waals surface area contributed by atoms with Gasteiger partial charge < -0.3 is 4.74 Å². The molecule has 22 heavy (non-hydrogen) atoms. The number of methoxy groups -OCH3 is 1. The first-order chi connectivity index (χ1) is 10.5. The zero-order valence-corrected chi connectivity index (χ0v) is 13.7. The van der Waals surface area contributed by atoms with E-state index in [1.54, 1.807) is 6.08 Å². The highest BCUT2D eigenvalue weighted by Crippen LogP contribution is 2.28. The van der Waals surface area contributed by atoms with E-state index in [1.807, 2.05) is 31.2 Å². The first kappa shape index (κ1) is 16.7. The van der Waals surface area contributed by atoms with Crippen molar-refractivity contribution in [1.29, 1.82) is 0 Å². The Morgan fingerprint density at radius 2 is 2.00 bits per heavy atom. The van der Waals surface area contributed by atoms with E-state index in [4.69, 9.17) is 0 Å². The monoisotopic (exact) mass is 323 g/mol. The molecule has 120 valence electrons. The summed E-state index contributed by atoms with van der Waals surface area (Å²) in [5, 5.41) is 0. The largest absolute Gasteiger partial charge is 0.468 e. The van der Waals surface area contributed by atoms with Gasteiger partial charge in [-0.15, -0.1) is 0 Å². The molecule has 0 saturated carbocycles. The summed E-state index contributed by atoms with van der Waals surface area (Å²) < 4.78 is 31.4. The van der Waals surface area contributed by atoms with Gasteiger partial charge in [0.1, 0.15) is 6.54 Å². The first-order valence-corrected chi connectivity index (χ1v) is 8.78. The Balaban J connectivity index is 2.32. The second kappa shape index (κ2) is 7.07. The number of allylic oxidation sites excluding steroid dienone is 1. The second-order valence-electron chi connectivity index (χ2n) is 5.22. The highest BCUT2D eigenvalue weighted by atomic mass is 32.2. The number of nitrogens with zero attached hydrogens (tertiary/aromatic N) is 1. The molecule has 5 nitrogen and oxygen atoms in total. The van der Waals surface area contributed by atoms with Gasteiger partial charge in [-0.05, 0) is 36.5 Å². The number of ether oxygens (including phenoxy) is 1. The van der Waals surface area contributed by atoms with E-state index in [9.17, 15) is 13.2 Å². The van der Waals surface area contributed by atoms with Crippen LogP contribution in [0.25, 0.3) is 6.08 Å². The SMILES string of the molecule is CCCN(CC(=O)OC)S(=O)(=O)C1=Cc2ccccc2CC1. The van der Waals surface area contributed by atoms with Gasteiger partial charge in [0.2, 0.25) is 10.0 Å². The van der Waals surface area contributed by atoms with Crippen LogP contribution in [0, 0.1) is 0 Å². The Bertz CT molecular complexity index is 679. The lowest BCUT2D eigenvalue weighted by molar-refractivity contribution is -0.140. The molecule has 0 radical (unpaired) electrons. The van der Waals surface area contributed by atoms with Crippen molar-refractivity contribution < 1.29 is 17.9 Å². The average Bonchev–Trinajstić information content (AvgIpc) is 2.53. The molecule has 1 aliphatic carbocycles. The maximum atomic E-state index is 12.8. The highest BCUT2D eigenvalue weighted by Gasteiger charge is 2.29. The lowest BCUT2D eigenvalue weighted by Gasteiger charge is -2.24. The zero-order valence-electron chi connectivity index (χ0n) is 12.9. The van der Waals surface area contributed by atoms with Crippen molar-refractivity contribution in [2.24, 2.45) is 0 Å². The number of benzene rings is 1. The molecular weight excluding hydrogens is 302 g/mol. The van der Waals surface area contributed by atoms with E-state index in [-0.39, 0.29) is 6.54 Å². The quantitative estimate of drug-likeness (QED) is 0.753. The third-order valence-electron chi connectivity index (χ3n) is 3.69. The van der Waals surface area contributed by atoms with E-state index in [2.05, 4.69) is 4.74 Å². The van der Waals surface area contributed by atoms with E-state index < -0.39 is 16.0 Å². The predicted octanol–water partition coefficient (Wildman–Crippen LogP) is 2.19. The summed E-state index contributed by atoms with van der Waals surface area (Å²) in [6.07, 6.45) is 3.51. The van der Waals surface area contributed by atoms with E-state index in [1.165, 1.54) is 11.4 Å². The molecule has 0 fully saturated rings. The minimum Gasteiger partial charge on any atom is -0.468 e. The molecule has 0 N–H and O–H groups in total. The van der Waals surface area contributed by atoms with Crippen molar-refractivity contribution in [2.75, 3.05) is 20.2 Å². The fraction of sp³-hybridized carbons (Fsp3) is 0.438. The summed E-state index contributed by atoms with van der Waals surface area (Å²) in [7, 11) is -2.38. The van der Waals surface area contributed by atoms with Gasteiger partial charge >= 0.3 is 5.97 Å². The van der Waals surface area contributed by atoms with Gasteiger partial charge in [-0.1, -0.05) is 31.2 Å². The number of carbonyl (C=O) groups excluding carboxylic acids is 1. The van der Waals surface area contributed by atoms with Gasteiger partial charge in [0.05, 0.1) is 12.0 Å². The molecule has 0 amide bonds. The summed E-state index contributed by atoms with van der Waals surface area (Å²) >= 11 is 0. The fourth-order valence-electron chi connectivity index (χ4n) is 2.52. The molecule has 0 heterocycles. The second-order valence-corrected chi connectivity index (χ2v) is 7.22. The summed E-state index contributed by atoms with van der Waals surface area (Å²) in [4.78, 5) is 11.8. The van der Waals surface area contributed by atoms with E-state index in [0.717, 1.165) is 11.1 Å². The molecule has 0 bridgehead atoms. The van der Waals surface area contributed by atoms with Gasteiger partial charge in [0, 0.05) is 6.54 Å². The van der Waals surface area contributed by atoms with Gasteiger partial charge in [-0.2, -0.15) is 4.31 Å². The number of fused-ring (bicyclic) bond motifs is 1. The van der Waals surface area contributed by atoms with Crippen LogP contribution in [0.2, 0.25) is 0 Å². The van der Waals surface area contributed by atoms with E-state index in [0.29, 0.717) is 30.7 Å². The molecule has 0 saturated heterocycles. The van der Waals surface area contributed by atoms with Crippen molar-refractivity contribution in [1.82, 2.24) is 4.31 Å². The first-order valence-electron chi connectivity index (χ1n) is 7.34. The number of hydrogen-bond donors (Lipinski definition) is 0. The lowest BCUT2D eigenvalue weighted by atomic mass is 9.98. The van der Waals surface area contributed by atoms with Crippen molar-refractivity contribution in [3.8, 4) is 0 Å². The van der Waals surface area contributed by atoms with Crippen LogP contribution in [-0.4, -0.2) is 38.9 Å². The molecule has 0 aromatic heterocycles. The smallest absolute Gasteiger partial charge is 0.321 e. The number of aryl methyl sites for hydroxylation is 1. The topological polar surface area (TPSA) is 63.7 Å². The molecule has 2 rings (SSSR count). The maximum absolute atomic E-state index is 12.8. The third-order valence-corrected chi connectivity index (χ3v) is 5.67. The van der Waals surface area contributed by atoms with Gasteiger partial charge in [0.25, 0.3) is 0 Å². The molecular formula is C16H21NO4S. The number of rotatable bonds is 6. The van der Waals surface area contributed by atoms with Crippen LogP contribution >= 0.6 is 0 Å². The number of hydrogen-bond acceptors (Lipinski definition) is 4. The molecule has 1 aromatic rings. The van der Waals surface area contributed by atoms with Crippen molar-refractivity contribution >= 4 is 22.1 Å². The Morgan fingerprint density at radius 1 is 1.27 bits per heavy atom. The summed E-state index contributed by atoms with van der Waals surface area (Å²) in [6.45, 7) is 1.94. The molecule has 0 spiro atoms. The standard InChI is InChI=1S/C16H21NO4S/c1-3-10-17(12-16(18)21-2)22(19,20)15-9-8-13-6-4-5-7-14(13)11-15/h4-7,11H,3,8-10,12H2,1-2H3. The zero-order chi connectivity index (χ0) is 16.2. The summed E-state index contributed by atoms with van der Waals surface area (Å²) in [6, 6.07) is 7.76. The minimum atomic E-state index is -3.64. The summed E-state index contributed by atoms with van der Waals surface area (Å²) in [5.41, 5.74) is 2.08. The third kappa shape index (κ3) is 3.56. The Morgan fingerprint density at radius 3 is 2.68 bits per heavy atom. The number of esters is 1. The van der Waals surface area contributed by atoms with Gasteiger partial charge in [-0.3, -0.25) is 4.79 Å².